The summed E-state index contributed by atoms with van der Waals surface area (Å²) in [5.74, 6) is 0. The SMILES string of the molecule is C=Cc1ccccc1.Cc1cc(C)cc(C)c1. The molecule has 0 aromatic heterocycles. The Bertz CT molecular complexity index is 416. The highest BCUT2D eigenvalue weighted by Crippen LogP contribution is 2.06. The van der Waals surface area contributed by atoms with Gasteiger partial charge in [0.05, 0.1) is 0 Å². The van der Waals surface area contributed by atoms with Crippen LogP contribution >= 0.6 is 0 Å². The third kappa shape index (κ3) is 5.17. The standard InChI is InChI=1S/C9H12.C8H8/c1-7-4-8(2)6-9(3)5-7;1-2-8-6-4-3-5-7-8/h4-6H,1-3H3;2-7H,1H2. The number of benzene rings is 2. The molecule has 0 spiro atoms. The molecule has 0 fully saturated rings. The molecule has 0 amide bonds. The van der Waals surface area contributed by atoms with Crippen molar-refractivity contribution in [3.8, 4) is 0 Å². The summed E-state index contributed by atoms with van der Waals surface area (Å²) in [6.45, 7) is 10.0. The van der Waals surface area contributed by atoms with E-state index in [1.54, 1.807) is 0 Å². The largest absolute Gasteiger partial charge is 0.0985 e. The van der Waals surface area contributed by atoms with E-state index < -0.39 is 0 Å². The molecule has 0 nitrogen and oxygen atoms in total. The number of aryl methyl sites for hydroxylation is 3. The fraction of sp³-hybridized carbons (Fsp3) is 0.176. The Labute approximate surface area is 105 Å². The minimum atomic E-state index is 1.17. The van der Waals surface area contributed by atoms with Gasteiger partial charge in [-0.1, -0.05) is 77.9 Å². The zero-order chi connectivity index (χ0) is 12.7. The molecule has 0 aliphatic heterocycles. The number of hydrogen-bond donors (Lipinski definition) is 0. The molecule has 17 heavy (non-hydrogen) atoms. The van der Waals surface area contributed by atoms with Crippen molar-refractivity contribution >= 4 is 6.08 Å². The fourth-order valence-corrected chi connectivity index (χ4v) is 1.79. The average molecular weight is 224 g/mol. The van der Waals surface area contributed by atoms with Gasteiger partial charge in [-0.2, -0.15) is 0 Å². The number of rotatable bonds is 1. The maximum atomic E-state index is 3.63. The molecule has 0 unspecified atom stereocenters. The van der Waals surface area contributed by atoms with Crippen LogP contribution in [-0.4, -0.2) is 0 Å². The highest BCUT2D eigenvalue weighted by Gasteiger charge is 1.87. The molecule has 0 aliphatic carbocycles. The first-order valence-electron chi connectivity index (χ1n) is 5.84. The summed E-state index contributed by atoms with van der Waals surface area (Å²) >= 11 is 0. The Morgan fingerprint density at radius 3 is 1.47 bits per heavy atom. The second-order valence-corrected chi connectivity index (χ2v) is 4.28. The third-order valence-corrected chi connectivity index (χ3v) is 2.40. The van der Waals surface area contributed by atoms with Crippen LogP contribution in [0.4, 0.5) is 0 Å². The smallest absolute Gasteiger partial charge is 0.0263 e. The van der Waals surface area contributed by atoms with Crippen LogP contribution in [0.15, 0.2) is 55.1 Å². The van der Waals surface area contributed by atoms with Gasteiger partial charge in [-0.3, -0.25) is 0 Å². The van der Waals surface area contributed by atoms with Crippen molar-refractivity contribution in [2.75, 3.05) is 0 Å². The van der Waals surface area contributed by atoms with Crippen molar-refractivity contribution in [2.24, 2.45) is 0 Å². The highest BCUT2D eigenvalue weighted by atomic mass is 13.9. The zero-order valence-corrected chi connectivity index (χ0v) is 10.9. The zero-order valence-electron chi connectivity index (χ0n) is 10.9. The fourth-order valence-electron chi connectivity index (χ4n) is 1.79. The molecule has 2 aromatic rings. The van der Waals surface area contributed by atoms with Gasteiger partial charge < -0.3 is 0 Å². The van der Waals surface area contributed by atoms with E-state index in [9.17, 15) is 0 Å². The van der Waals surface area contributed by atoms with Gasteiger partial charge in [-0.25, -0.2) is 0 Å². The Balaban J connectivity index is 0.000000171. The predicted molar refractivity (Wildman–Crippen MR) is 77.2 cm³/mol. The van der Waals surface area contributed by atoms with Crippen molar-refractivity contribution in [2.45, 2.75) is 20.8 Å². The molecule has 0 bridgehead atoms. The Morgan fingerprint density at radius 1 is 0.765 bits per heavy atom. The van der Waals surface area contributed by atoms with Crippen LogP contribution in [0, 0.1) is 20.8 Å². The lowest BCUT2D eigenvalue weighted by atomic mass is 10.1. The summed E-state index contributed by atoms with van der Waals surface area (Å²) in [5, 5.41) is 0. The molecule has 2 rings (SSSR count). The van der Waals surface area contributed by atoms with Gasteiger partial charge in [-0.15, -0.1) is 0 Å². The molecule has 88 valence electrons. The van der Waals surface area contributed by atoms with Crippen LogP contribution in [0.3, 0.4) is 0 Å². The summed E-state index contributed by atoms with van der Waals surface area (Å²) in [4.78, 5) is 0. The Kier molecular flexibility index (Phi) is 5.22. The lowest BCUT2D eigenvalue weighted by Crippen LogP contribution is -1.78. The molecule has 0 aliphatic rings. The first kappa shape index (κ1) is 13.2. The first-order valence-corrected chi connectivity index (χ1v) is 5.84. The van der Waals surface area contributed by atoms with Crippen molar-refractivity contribution in [1.29, 1.82) is 0 Å². The van der Waals surface area contributed by atoms with E-state index in [1.807, 2.05) is 36.4 Å². The molecular weight excluding hydrogens is 204 g/mol. The van der Waals surface area contributed by atoms with Gasteiger partial charge in [0, 0.05) is 0 Å². The number of hydrogen-bond acceptors (Lipinski definition) is 0. The third-order valence-electron chi connectivity index (χ3n) is 2.40. The molecule has 2 aromatic carbocycles. The van der Waals surface area contributed by atoms with Crippen molar-refractivity contribution in [1.82, 2.24) is 0 Å². The molecule has 0 N–H and O–H groups in total. The van der Waals surface area contributed by atoms with Gasteiger partial charge in [0.1, 0.15) is 0 Å². The van der Waals surface area contributed by atoms with Crippen LogP contribution in [0.2, 0.25) is 0 Å². The maximum absolute atomic E-state index is 3.63. The Morgan fingerprint density at radius 2 is 1.18 bits per heavy atom. The van der Waals surface area contributed by atoms with Gasteiger partial charge in [-0.05, 0) is 26.3 Å². The summed E-state index contributed by atoms with van der Waals surface area (Å²) in [5.41, 5.74) is 5.24. The van der Waals surface area contributed by atoms with E-state index in [4.69, 9.17) is 0 Å². The summed E-state index contributed by atoms with van der Waals surface area (Å²) in [7, 11) is 0. The predicted octanol–water partition coefficient (Wildman–Crippen LogP) is 4.94. The van der Waals surface area contributed by atoms with Gasteiger partial charge in [0.2, 0.25) is 0 Å². The van der Waals surface area contributed by atoms with E-state index in [0.717, 1.165) is 0 Å². The van der Waals surface area contributed by atoms with Crippen LogP contribution in [-0.2, 0) is 0 Å². The quantitative estimate of drug-likeness (QED) is 0.643. The van der Waals surface area contributed by atoms with Gasteiger partial charge in [0.25, 0.3) is 0 Å². The van der Waals surface area contributed by atoms with E-state index >= 15 is 0 Å². The molecule has 0 heterocycles. The second-order valence-electron chi connectivity index (χ2n) is 4.28. The molecule has 0 saturated carbocycles. The van der Waals surface area contributed by atoms with Gasteiger partial charge in [0.15, 0.2) is 0 Å². The normalized spacial score (nSPS) is 9.12. The molecule has 0 atom stereocenters. The summed E-state index contributed by atoms with van der Waals surface area (Å²) in [6.07, 6.45) is 1.83. The maximum Gasteiger partial charge on any atom is -0.0263 e. The van der Waals surface area contributed by atoms with Crippen LogP contribution in [0.1, 0.15) is 22.3 Å². The minimum absolute atomic E-state index is 1.17. The van der Waals surface area contributed by atoms with E-state index in [1.165, 1.54) is 22.3 Å². The molecular formula is C17H20. The topological polar surface area (TPSA) is 0 Å². The minimum Gasteiger partial charge on any atom is -0.0985 e. The summed E-state index contributed by atoms with van der Waals surface area (Å²) < 4.78 is 0. The van der Waals surface area contributed by atoms with Crippen molar-refractivity contribution in [3.63, 3.8) is 0 Å². The van der Waals surface area contributed by atoms with E-state index in [-0.39, 0.29) is 0 Å². The highest BCUT2D eigenvalue weighted by molar-refractivity contribution is 5.45. The van der Waals surface area contributed by atoms with Crippen molar-refractivity contribution < 1.29 is 0 Å². The van der Waals surface area contributed by atoms with Crippen molar-refractivity contribution in [3.05, 3.63) is 77.4 Å². The first-order chi connectivity index (χ1) is 8.11. The second kappa shape index (κ2) is 6.70. The lowest BCUT2D eigenvalue weighted by molar-refractivity contribution is 1.32. The lowest BCUT2D eigenvalue weighted by Gasteiger charge is -1.96. The Hall–Kier alpha value is -1.82. The van der Waals surface area contributed by atoms with Gasteiger partial charge >= 0.3 is 0 Å². The van der Waals surface area contributed by atoms with Crippen LogP contribution < -0.4 is 0 Å². The van der Waals surface area contributed by atoms with Crippen LogP contribution in [0.5, 0.6) is 0 Å². The van der Waals surface area contributed by atoms with E-state index in [2.05, 4.69) is 45.5 Å². The molecule has 0 saturated heterocycles. The monoisotopic (exact) mass is 224 g/mol. The van der Waals surface area contributed by atoms with Crippen LogP contribution in [0.25, 0.3) is 6.08 Å². The average Bonchev–Trinajstić information content (AvgIpc) is 2.29. The van der Waals surface area contributed by atoms with E-state index in [0.29, 0.717) is 0 Å². The molecule has 0 radical (unpaired) electrons. The molecule has 0 heteroatoms. The summed E-state index contributed by atoms with van der Waals surface area (Å²) in [6, 6.07) is 16.6.